The molecule has 1 unspecified atom stereocenters. The Kier molecular flexibility index (Phi) is 4.63. The lowest BCUT2D eigenvalue weighted by Crippen LogP contribution is -2.31. The van der Waals surface area contributed by atoms with Gasteiger partial charge in [-0.3, -0.25) is 0 Å². The van der Waals surface area contributed by atoms with Crippen molar-refractivity contribution in [3.05, 3.63) is 42.0 Å². The Hall–Kier alpha value is -1.88. The van der Waals surface area contributed by atoms with Crippen LogP contribution in [0.15, 0.2) is 34.9 Å². The summed E-state index contributed by atoms with van der Waals surface area (Å²) in [6, 6.07) is 9.93. The number of para-hydroxylation sites is 1. The fourth-order valence-electron chi connectivity index (χ4n) is 2.01. The summed E-state index contributed by atoms with van der Waals surface area (Å²) >= 11 is 0. The average Bonchev–Trinajstić information content (AvgIpc) is 2.87. The molecule has 0 saturated heterocycles. The van der Waals surface area contributed by atoms with E-state index in [1.54, 1.807) is 6.92 Å². The van der Waals surface area contributed by atoms with E-state index in [0.29, 0.717) is 24.8 Å². The van der Waals surface area contributed by atoms with Crippen LogP contribution in [0.4, 0.5) is 5.69 Å². The molecule has 1 atom stereocenters. The van der Waals surface area contributed by atoms with Crippen LogP contribution in [0.2, 0.25) is 0 Å². The Morgan fingerprint density at radius 2 is 1.90 bits per heavy atom. The molecule has 1 aromatic heterocycles. The van der Waals surface area contributed by atoms with Gasteiger partial charge in [0.15, 0.2) is 5.82 Å². The van der Waals surface area contributed by atoms with Crippen molar-refractivity contribution >= 4 is 5.69 Å². The minimum atomic E-state index is -0.431. The lowest BCUT2D eigenvalue weighted by Gasteiger charge is -2.24. The van der Waals surface area contributed by atoms with E-state index in [1.807, 2.05) is 56.0 Å². The fraction of sp³-hybridized carbons (Fsp3) is 0.500. The molecular formula is C16H23N3O2. The van der Waals surface area contributed by atoms with Crippen molar-refractivity contribution in [1.82, 2.24) is 10.1 Å². The quantitative estimate of drug-likeness (QED) is 0.917. The molecule has 2 aromatic rings. The summed E-state index contributed by atoms with van der Waals surface area (Å²) in [5.74, 6) is 1.26. The van der Waals surface area contributed by atoms with Crippen molar-refractivity contribution in [2.75, 3.05) is 11.4 Å². The van der Waals surface area contributed by atoms with E-state index in [-0.39, 0.29) is 5.41 Å². The van der Waals surface area contributed by atoms with E-state index in [9.17, 15) is 5.11 Å². The largest absolute Gasteiger partial charge is 0.392 e. The van der Waals surface area contributed by atoms with Gasteiger partial charge in [0.2, 0.25) is 5.89 Å². The first-order valence-electron chi connectivity index (χ1n) is 7.17. The molecule has 114 valence electrons. The Morgan fingerprint density at radius 1 is 1.24 bits per heavy atom. The third-order valence-electron chi connectivity index (χ3n) is 3.05. The van der Waals surface area contributed by atoms with E-state index in [0.717, 1.165) is 5.69 Å². The minimum absolute atomic E-state index is 0.160. The second-order valence-electron chi connectivity index (χ2n) is 6.33. The maximum atomic E-state index is 9.69. The number of hydrogen-bond donors (Lipinski definition) is 1. The molecule has 0 aliphatic rings. The average molecular weight is 289 g/mol. The van der Waals surface area contributed by atoms with E-state index >= 15 is 0 Å². The second-order valence-corrected chi connectivity index (χ2v) is 6.33. The maximum absolute atomic E-state index is 9.69. The van der Waals surface area contributed by atoms with Crippen molar-refractivity contribution in [2.45, 2.75) is 45.8 Å². The van der Waals surface area contributed by atoms with Gasteiger partial charge >= 0.3 is 0 Å². The summed E-state index contributed by atoms with van der Waals surface area (Å²) in [7, 11) is 0. The molecule has 0 fully saturated rings. The molecule has 1 N–H and O–H groups in total. The summed E-state index contributed by atoms with van der Waals surface area (Å²) in [6.45, 7) is 8.91. The highest BCUT2D eigenvalue weighted by Crippen LogP contribution is 2.21. The number of benzene rings is 1. The van der Waals surface area contributed by atoms with Gasteiger partial charge in [-0.2, -0.15) is 4.98 Å². The van der Waals surface area contributed by atoms with E-state index in [1.165, 1.54) is 0 Å². The monoisotopic (exact) mass is 289 g/mol. The number of anilines is 1. The Morgan fingerprint density at radius 3 is 2.43 bits per heavy atom. The van der Waals surface area contributed by atoms with Crippen LogP contribution in [-0.2, 0) is 12.0 Å². The van der Waals surface area contributed by atoms with Crippen LogP contribution in [0.1, 0.15) is 39.4 Å². The van der Waals surface area contributed by atoms with Crippen molar-refractivity contribution < 1.29 is 9.63 Å². The number of aromatic nitrogens is 2. The molecule has 0 radical (unpaired) electrons. The SMILES string of the molecule is CC(O)CN(Cc1noc(C(C)(C)C)n1)c1ccccc1. The lowest BCUT2D eigenvalue weighted by atomic mass is 9.97. The normalized spacial score (nSPS) is 13.2. The number of hydrogen-bond acceptors (Lipinski definition) is 5. The highest BCUT2D eigenvalue weighted by atomic mass is 16.5. The standard InChI is InChI=1S/C16H23N3O2/c1-12(20)10-19(13-8-6-5-7-9-13)11-14-17-15(21-18-14)16(2,3)4/h5-9,12,20H,10-11H2,1-4H3. The van der Waals surface area contributed by atoms with E-state index < -0.39 is 6.10 Å². The van der Waals surface area contributed by atoms with E-state index in [4.69, 9.17) is 4.52 Å². The fourth-order valence-corrected chi connectivity index (χ4v) is 2.01. The van der Waals surface area contributed by atoms with Crippen LogP contribution in [0.5, 0.6) is 0 Å². The predicted octanol–water partition coefficient (Wildman–Crippen LogP) is 2.75. The molecule has 5 heteroatoms. The van der Waals surface area contributed by atoms with Gasteiger partial charge in [0.1, 0.15) is 0 Å². The molecule has 0 amide bonds. The topological polar surface area (TPSA) is 62.4 Å². The Balaban J connectivity index is 2.17. The number of rotatable bonds is 5. The predicted molar refractivity (Wildman–Crippen MR) is 82.2 cm³/mol. The molecule has 0 aliphatic heterocycles. The number of aliphatic hydroxyl groups is 1. The minimum Gasteiger partial charge on any atom is -0.392 e. The molecule has 21 heavy (non-hydrogen) atoms. The van der Waals surface area contributed by atoms with Crippen LogP contribution in [0.25, 0.3) is 0 Å². The third kappa shape index (κ3) is 4.29. The summed E-state index contributed by atoms with van der Waals surface area (Å²) in [4.78, 5) is 6.50. The van der Waals surface area contributed by atoms with Crippen LogP contribution in [-0.4, -0.2) is 27.9 Å². The highest BCUT2D eigenvalue weighted by Gasteiger charge is 2.22. The van der Waals surface area contributed by atoms with Gasteiger partial charge < -0.3 is 14.5 Å². The first kappa shape index (κ1) is 15.5. The summed E-state index contributed by atoms with van der Waals surface area (Å²) in [6.07, 6.45) is -0.431. The zero-order valence-corrected chi connectivity index (χ0v) is 13.1. The van der Waals surface area contributed by atoms with Crippen LogP contribution in [0.3, 0.4) is 0 Å². The van der Waals surface area contributed by atoms with Crippen LogP contribution in [0, 0.1) is 0 Å². The van der Waals surface area contributed by atoms with Gasteiger partial charge in [0, 0.05) is 17.6 Å². The smallest absolute Gasteiger partial charge is 0.232 e. The van der Waals surface area contributed by atoms with Crippen molar-refractivity contribution in [1.29, 1.82) is 0 Å². The van der Waals surface area contributed by atoms with Crippen LogP contribution >= 0.6 is 0 Å². The zero-order valence-electron chi connectivity index (χ0n) is 13.1. The van der Waals surface area contributed by atoms with Crippen LogP contribution < -0.4 is 4.90 Å². The molecular weight excluding hydrogens is 266 g/mol. The Labute approximate surface area is 125 Å². The van der Waals surface area contributed by atoms with Gasteiger partial charge in [-0.25, -0.2) is 0 Å². The van der Waals surface area contributed by atoms with Crippen molar-refractivity contribution in [3.63, 3.8) is 0 Å². The molecule has 0 saturated carbocycles. The number of aliphatic hydroxyl groups excluding tert-OH is 1. The molecule has 0 spiro atoms. The van der Waals surface area contributed by atoms with Gasteiger partial charge in [-0.15, -0.1) is 0 Å². The van der Waals surface area contributed by atoms with Crippen molar-refractivity contribution in [3.8, 4) is 0 Å². The molecule has 1 aromatic carbocycles. The molecule has 5 nitrogen and oxygen atoms in total. The maximum Gasteiger partial charge on any atom is 0.232 e. The van der Waals surface area contributed by atoms with Gasteiger partial charge in [0.25, 0.3) is 0 Å². The molecule has 2 rings (SSSR count). The molecule has 0 bridgehead atoms. The lowest BCUT2D eigenvalue weighted by molar-refractivity contribution is 0.199. The third-order valence-corrected chi connectivity index (χ3v) is 3.05. The second kappa shape index (κ2) is 6.26. The first-order valence-corrected chi connectivity index (χ1v) is 7.17. The molecule has 1 heterocycles. The summed E-state index contributed by atoms with van der Waals surface area (Å²) in [5.41, 5.74) is 0.869. The van der Waals surface area contributed by atoms with Gasteiger partial charge in [0.05, 0.1) is 12.6 Å². The summed E-state index contributed by atoms with van der Waals surface area (Å²) < 4.78 is 5.32. The van der Waals surface area contributed by atoms with E-state index in [2.05, 4.69) is 10.1 Å². The Bertz CT molecular complexity index is 558. The first-order chi connectivity index (χ1) is 9.86. The van der Waals surface area contributed by atoms with Gasteiger partial charge in [-0.1, -0.05) is 44.1 Å². The number of nitrogens with zero attached hydrogens (tertiary/aromatic N) is 3. The van der Waals surface area contributed by atoms with Gasteiger partial charge in [-0.05, 0) is 19.1 Å². The summed E-state index contributed by atoms with van der Waals surface area (Å²) in [5, 5.41) is 13.7. The van der Waals surface area contributed by atoms with Crippen molar-refractivity contribution in [2.24, 2.45) is 0 Å². The highest BCUT2D eigenvalue weighted by molar-refractivity contribution is 5.46. The molecule has 0 aliphatic carbocycles. The zero-order chi connectivity index (χ0) is 15.5.